The van der Waals surface area contributed by atoms with Crippen molar-refractivity contribution >= 4 is 11.8 Å². The Balaban J connectivity index is 1.69. The zero-order valence-corrected chi connectivity index (χ0v) is 17.3. The third-order valence-corrected chi connectivity index (χ3v) is 5.17. The van der Waals surface area contributed by atoms with Crippen LogP contribution in [0.25, 0.3) is 0 Å². The number of hydrogen-bond donors (Lipinski definition) is 0. The average molecular weight is 376 g/mol. The Bertz CT molecular complexity index is 529. The number of rotatable bonds is 14. The van der Waals surface area contributed by atoms with E-state index in [0.717, 1.165) is 37.3 Å². The SMILES string of the molecule is CCCCCCCCOc1ccc(N2C[C@@H](CCCCCC)OC2=O)cc1. The van der Waals surface area contributed by atoms with Gasteiger partial charge in [-0.1, -0.05) is 65.2 Å². The molecule has 0 bridgehead atoms. The number of unbranched alkanes of at least 4 members (excludes halogenated alkanes) is 8. The number of ether oxygens (including phenoxy) is 2. The first kappa shape index (κ1) is 21.6. The first-order valence-electron chi connectivity index (χ1n) is 11.0. The van der Waals surface area contributed by atoms with E-state index < -0.39 is 0 Å². The molecule has 1 aliphatic heterocycles. The molecule has 1 fully saturated rings. The van der Waals surface area contributed by atoms with Crippen LogP contribution in [-0.2, 0) is 4.74 Å². The molecule has 1 aromatic rings. The van der Waals surface area contributed by atoms with Gasteiger partial charge in [-0.3, -0.25) is 4.90 Å². The highest BCUT2D eigenvalue weighted by Crippen LogP contribution is 2.26. The summed E-state index contributed by atoms with van der Waals surface area (Å²) in [6, 6.07) is 7.82. The number of nitrogens with zero attached hydrogens (tertiary/aromatic N) is 1. The van der Waals surface area contributed by atoms with Crippen LogP contribution in [0.3, 0.4) is 0 Å². The molecular weight excluding hydrogens is 338 g/mol. The van der Waals surface area contributed by atoms with Crippen LogP contribution in [0.2, 0.25) is 0 Å². The van der Waals surface area contributed by atoms with Gasteiger partial charge >= 0.3 is 6.09 Å². The van der Waals surface area contributed by atoms with Gasteiger partial charge in [-0.25, -0.2) is 4.79 Å². The molecule has 1 aliphatic rings. The van der Waals surface area contributed by atoms with Crippen LogP contribution in [0.15, 0.2) is 24.3 Å². The monoisotopic (exact) mass is 375 g/mol. The van der Waals surface area contributed by atoms with E-state index in [1.807, 2.05) is 24.3 Å². The van der Waals surface area contributed by atoms with E-state index in [1.165, 1.54) is 51.4 Å². The third kappa shape index (κ3) is 7.82. The van der Waals surface area contributed by atoms with Crippen molar-refractivity contribution in [2.24, 2.45) is 0 Å². The van der Waals surface area contributed by atoms with Crippen LogP contribution in [0.5, 0.6) is 5.75 Å². The fourth-order valence-corrected chi connectivity index (χ4v) is 3.48. The topological polar surface area (TPSA) is 38.8 Å². The summed E-state index contributed by atoms with van der Waals surface area (Å²) < 4.78 is 11.3. The standard InChI is InChI=1S/C23H37NO3/c1-3-5-7-9-10-12-18-26-21-16-14-20(15-17-21)24-19-22(27-23(24)25)13-11-8-6-4-2/h14-17,22H,3-13,18-19H2,1-2H3/t22-/m1/s1. The summed E-state index contributed by atoms with van der Waals surface area (Å²) >= 11 is 0. The largest absolute Gasteiger partial charge is 0.494 e. The maximum atomic E-state index is 12.2. The molecule has 0 saturated carbocycles. The lowest BCUT2D eigenvalue weighted by Crippen LogP contribution is -2.24. The van der Waals surface area contributed by atoms with E-state index in [1.54, 1.807) is 4.90 Å². The van der Waals surface area contributed by atoms with Crippen molar-refractivity contribution in [3.8, 4) is 5.75 Å². The fraction of sp³-hybridized carbons (Fsp3) is 0.696. The minimum atomic E-state index is -0.226. The van der Waals surface area contributed by atoms with Gasteiger partial charge in [0.05, 0.1) is 13.2 Å². The lowest BCUT2D eigenvalue weighted by molar-refractivity contribution is 0.135. The molecular formula is C23H37NO3. The molecule has 27 heavy (non-hydrogen) atoms. The molecule has 0 aliphatic carbocycles. The summed E-state index contributed by atoms with van der Waals surface area (Å²) in [6.45, 7) is 5.86. The second-order valence-electron chi connectivity index (χ2n) is 7.58. The van der Waals surface area contributed by atoms with Crippen LogP contribution in [0.1, 0.15) is 84.5 Å². The number of hydrogen-bond acceptors (Lipinski definition) is 3. The van der Waals surface area contributed by atoms with Crippen molar-refractivity contribution in [1.82, 2.24) is 0 Å². The van der Waals surface area contributed by atoms with Gasteiger partial charge in [-0.15, -0.1) is 0 Å². The molecule has 2 rings (SSSR count). The van der Waals surface area contributed by atoms with Crippen molar-refractivity contribution in [2.45, 2.75) is 90.6 Å². The van der Waals surface area contributed by atoms with Crippen LogP contribution < -0.4 is 9.64 Å². The van der Waals surface area contributed by atoms with E-state index in [2.05, 4.69) is 13.8 Å². The summed E-state index contributed by atoms with van der Waals surface area (Å²) in [5.74, 6) is 0.871. The average Bonchev–Trinajstić information content (AvgIpc) is 3.05. The molecule has 152 valence electrons. The number of cyclic esters (lactones) is 1. The Hall–Kier alpha value is -1.71. The van der Waals surface area contributed by atoms with Crippen LogP contribution >= 0.6 is 0 Å². The summed E-state index contributed by atoms with van der Waals surface area (Å²) in [5, 5.41) is 0. The highest BCUT2D eigenvalue weighted by Gasteiger charge is 2.31. The van der Waals surface area contributed by atoms with Crippen molar-refractivity contribution < 1.29 is 14.3 Å². The lowest BCUT2D eigenvalue weighted by atomic mass is 10.1. The predicted molar refractivity (Wildman–Crippen MR) is 112 cm³/mol. The van der Waals surface area contributed by atoms with Gasteiger partial charge in [0.1, 0.15) is 11.9 Å². The number of carbonyl (C=O) groups excluding carboxylic acids is 1. The predicted octanol–water partition coefficient (Wildman–Crippen LogP) is 6.72. The number of carbonyl (C=O) groups is 1. The highest BCUT2D eigenvalue weighted by molar-refractivity contribution is 5.89. The van der Waals surface area contributed by atoms with Crippen LogP contribution in [-0.4, -0.2) is 25.3 Å². The summed E-state index contributed by atoms with van der Waals surface area (Å²) in [6.07, 6.45) is 13.2. The normalized spacial score (nSPS) is 16.6. The van der Waals surface area contributed by atoms with Gasteiger partial charge in [0.15, 0.2) is 0 Å². The maximum absolute atomic E-state index is 12.2. The smallest absolute Gasteiger partial charge is 0.414 e. The minimum Gasteiger partial charge on any atom is -0.494 e. The molecule has 0 N–H and O–H groups in total. The van der Waals surface area contributed by atoms with E-state index >= 15 is 0 Å². The highest BCUT2D eigenvalue weighted by atomic mass is 16.6. The molecule has 1 amide bonds. The van der Waals surface area contributed by atoms with Crippen molar-refractivity contribution in [1.29, 1.82) is 0 Å². The van der Waals surface area contributed by atoms with Gasteiger partial charge in [0.2, 0.25) is 0 Å². The molecule has 1 atom stereocenters. The van der Waals surface area contributed by atoms with Gasteiger partial charge < -0.3 is 9.47 Å². The Morgan fingerprint density at radius 3 is 2.26 bits per heavy atom. The second-order valence-corrected chi connectivity index (χ2v) is 7.58. The second kappa shape index (κ2) is 12.6. The molecule has 1 aromatic carbocycles. The van der Waals surface area contributed by atoms with Crippen molar-refractivity contribution in [2.75, 3.05) is 18.1 Å². The molecule has 0 aromatic heterocycles. The zero-order chi connectivity index (χ0) is 19.3. The third-order valence-electron chi connectivity index (χ3n) is 5.17. The van der Waals surface area contributed by atoms with Crippen LogP contribution in [0.4, 0.5) is 10.5 Å². The molecule has 1 saturated heterocycles. The Labute approximate surface area is 165 Å². The number of benzene rings is 1. The minimum absolute atomic E-state index is 0.0259. The molecule has 0 radical (unpaired) electrons. The molecule has 4 nitrogen and oxygen atoms in total. The van der Waals surface area contributed by atoms with E-state index in [4.69, 9.17) is 9.47 Å². The van der Waals surface area contributed by atoms with Crippen molar-refractivity contribution in [3.05, 3.63) is 24.3 Å². The number of amides is 1. The summed E-state index contributed by atoms with van der Waals surface area (Å²) in [4.78, 5) is 13.9. The Morgan fingerprint density at radius 2 is 1.56 bits per heavy atom. The first-order valence-corrected chi connectivity index (χ1v) is 11.0. The summed E-state index contributed by atoms with van der Waals surface area (Å²) in [5.41, 5.74) is 0.892. The van der Waals surface area contributed by atoms with Crippen LogP contribution in [0, 0.1) is 0 Å². The van der Waals surface area contributed by atoms with E-state index in [-0.39, 0.29) is 12.2 Å². The zero-order valence-electron chi connectivity index (χ0n) is 17.3. The van der Waals surface area contributed by atoms with Gasteiger partial charge in [-0.05, 0) is 43.5 Å². The molecule has 0 spiro atoms. The van der Waals surface area contributed by atoms with Gasteiger partial charge in [-0.2, -0.15) is 0 Å². The maximum Gasteiger partial charge on any atom is 0.414 e. The van der Waals surface area contributed by atoms with Crippen molar-refractivity contribution in [3.63, 3.8) is 0 Å². The Kier molecular flexibility index (Phi) is 10.1. The Morgan fingerprint density at radius 1 is 0.926 bits per heavy atom. The first-order chi connectivity index (χ1) is 13.2. The fourth-order valence-electron chi connectivity index (χ4n) is 3.48. The van der Waals surface area contributed by atoms with E-state index in [9.17, 15) is 4.79 Å². The van der Waals surface area contributed by atoms with Gasteiger partial charge in [0, 0.05) is 5.69 Å². The molecule has 4 heteroatoms. The quantitative estimate of drug-likeness (QED) is 0.339. The molecule has 1 heterocycles. The molecule has 0 unspecified atom stereocenters. The van der Waals surface area contributed by atoms with Gasteiger partial charge in [0.25, 0.3) is 0 Å². The lowest BCUT2D eigenvalue weighted by Gasteiger charge is -2.14. The summed E-state index contributed by atoms with van der Waals surface area (Å²) in [7, 11) is 0. The van der Waals surface area contributed by atoms with E-state index in [0.29, 0.717) is 6.54 Å². The number of anilines is 1.